The number of hydrogen-bond donors (Lipinski definition) is 2. The van der Waals surface area contributed by atoms with Gasteiger partial charge in [0.1, 0.15) is 5.60 Å². The highest BCUT2D eigenvalue weighted by Crippen LogP contribution is 2.36. The third-order valence-corrected chi connectivity index (χ3v) is 6.83. The lowest BCUT2D eigenvalue weighted by atomic mass is 10.0. The SMILES string of the molecule is Cn1nccc1-c1sc(C(=O)NC(CCNC(=O)OC(C)(C)C)Cc2ccccc2)cc1Br. The summed E-state index contributed by atoms with van der Waals surface area (Å²) in [5, 5.41) is 10.1. The summed E-state index contributed by atoms with van der Waals surface area (Å²) in [6, 6.07) is 13.6. The summed E-state index contributed by atoms with van der Waals surface area (Å²) < 4.78 is 7.93. The van der Waals surface area contributed by atoms with Crippen LogP contribution in [-0.4, -0.2) is 40.0 Å². The number of nitrogens with zero attached hydrogens (tertiary/aromatic N) is 2. The quantitative estimate of drug-likeness (QED) is 0.419. The van der Waals surface area contributed by atoms with Crippen LogP contribution in [-0.2, 0) is 18.2 Å². The number of carbonyl (C=O) groups excluding carboxylic acids is 2. The van der Waals surface area contributed by atoms with Crippen LogP contribution in [0.1, 0.15) is 42.4 Å². The van der Waals surface area contributed by atoms with E-state index in [1.165, 1.54) is 11.3 Å². The first-order valence-electron chi connectivity index (χ1n) is 10.7. The molecule has 1 unspecified atom stereocenters. The second kappa shape index (κ2) is 11.0. The fourth-order valence-electron chi connectivity index (χ4n) is 3.30. The van der Waals surface area contributed by atoms with E-state index in [9.17, 15) is 9.59 Å². The zero-order valence-corrected chi connectivity index (χ0v) is 21.6. The lowest BCUT2D eigenvalue weighted by Gasteiger charge is -2.21. The van der Waals surface area contributed by atoms with Gasteiger partial charge in [-0.1, -0.05) is 30.3 Å². The first-order chi connectivity index (χ1) is 15.6. The smallest absolute Gasteiger partial charge is 0.407 e. The molecule has 33 heavy (non-hydrogen) atoms. The van der Waals surface area contributed by atoms with E-state index in [1.54, 1.807) is 10.9 Å². The van der Waals surface area contributed by atoms with Crippen molar-refractivity contribution in [3.8, 4) is 10.6 Å². The number of rotatable bonds is 8. The van der Waals surface area contributed by atoms with Crippen LogP contribution in [0.3, 0.4) is 0 Å². The maximum Gasteiger partial charge on any atom is 0.407 e. The van der Waals surface area contributed by atoms with Gasteiger partial charge in [-0.25, -0.2) is 4.79 Å². The lowest BCUT2D eigenvalue weighted by Crippen LogP contribution is -2.40. The number of benzene rings is 1. The fourth-order valence-corrected chi connectivity index (χ4v) is 5.13. The minimum Gasteiger partial charge on any atom is -0.444 e. The topological polar surface area (TPSA) is 85.3 Å². The number of halogens is 1. The highest BCUT2D eigenvalue weighted by atomic mass is 79.9. The summed E-state index contributed by atoms with van der Waals surface area (Å²) in [6.45, 7) is 5.86. The molecular weight excluding hydrogens is 504 g/mol. The number of hydrogen-bond acceptors (Lipinski definition) is 5. The number of amides is 2. The molecule has 0 bridgehead atoms. The van der Waals surface area contributed by atoms with E-state index in [2.05, 4.69) is 31.7 Å². The predicted molar refractivity (Wildman–Crippen MR) is 134 cm³/mol. The molecule has 176 valence electrons. The first-order valence-corrected chi connectivity index (χ1v) is 12.3. The van der Waals surface area contributed by atoms with Gasteiger partial charge in [0.25, 0.3) is 5.91 Å². The summed E-state index contributed by atoms with van der Waals surface area (Å²) in [4.78, 5) is 26.6. The van der Waals surface area contributed by atoms with Crippen molar-refractivity contribution in [1.29, 1.82) is 0 Å². The van der Waals surface area contributed by atoms with E-state index in [0.717, 1.165) is 20.6 Å². The summed E-state index contributed by atoms with van der Waals surface area (Å²) >= 11 is 4.98. The molecule has 2 N–H and O–H groups in total. The highest BCUT2D eigenvalue weighted by molar-refractivity contribution is 9.10. The number of aromatic nitrogens is 2. The summed E-state index contributed by atoms with van der Waals surface area (Å²) in [7, 11) is 1.87. The third-order valence-electron chi connectivity index (χ3n) is 4.79. The normalized spacial score (nSPS) is 12.3. The monoisotopic (exact) mass is 532 g/mol. The van der Waals surface area contributed by atoms with Crippen LogP contribution in [0.15, 0.2) is 53.1 Å². The zero-order valence-electron chi connectivity index (χ0n) is 19.2. The van der Waals surface area contributed by atoms with Crippen molar-refractivity contribution in [2.75, 3.05) is 6.54 Å². The van der Waals surface area contributed by atoms with Crippen LogP contribution in [0.5, 0.6) is 0 Å². The molecule has 2 heterocycles. The van der Waals surface area contributed by atoms with E-state index in [4.69, 9.17) is 4.74 Å². The highest BCUT2D eigenvalue weighted by Gasteiger charge is 2.21. The molecule has 1 aromatic carbocycles. The van der Waals surface area contributed by atoms with Crippen LogP contribution in [0.4, 0.5) is 4.79 Å². The van der Waals surface area contributed by atoms with Gasteiger partial charge in [-0.15, -0.1) is 11.3 Å². The molecule has 3 rings (SSSR count). The van der Waals surface area contributed by atoms with Gasteiger partial charge in [-0.3, -0.25) is 9.48 Å². The lowest BCUT2D eigenvalue weighted by molar-refractivity contribution is 0.0526. The molecule has 7 nitrogen and oxygen atoms in total. The van der Waals surface area contributed by atoms with E-state index in [-0.39, 0.29) is 11.9 Å². The molecule has 2 amide bonds. The first kappa shape index (κ1) is 25.0. The van der Waals surface area contributed by atoms with Gasteiger partial charge in [-0.05, 0) is 67.2 Å². The maximum atomic E-state index is 13.1. The number of aryl methyl sites for hydroxylation is 1. The molecule has 0 saturated heterocycles. The average molecular weight is 533 g/mol. The Morgan fingerprint density at radius 1 is 1.21 bits per heavy atom. The molecule has 1 atom stereocenters. The Morgan fingerprint density at radius 2 is 1.94 bits per heavy atom. The minimum atomic E-state index is -0.556. The standard InChI is InChI=1S/C24H29BrN4O3S/c1-24(2,3)32-23(31)26-12-10-17(14-16-8-6-5-7-9-16)28-22(30)20-15-18(25)21(33-20)19-11-13-27-29(19)4/h5-9,11,13,15,17H,10,12,14H2,1-4H3,(H,26,31)(H,28,30). The number of thiophene rings is 1. The van der Waals surface area contributed by atoms with Crippen molar-refractivity contribution in [1.82, 2.24) is 20.4 Å². The van der Waals surface area contributed by atoms with Crippen LogP contribution < -0.4 is 10.6 Å². The number of carbonyl (C=O) groups is 2. The minimum absolute atomic E-state index is 0.146. The van der Waals surface area contributed by atoms with Crippen LogP contribution in [0.25, 0.3) is 10.6 Å². The summed E-state index contributed by atoms with van der Waals surface area (Å²) in [6.07, 6.45) is 2.50. The zero-order chi connectivity index (χ0) is 24.0. The molecule has 0 spiro atoms. The van der Waals surface area contributed by atoms with E-state index in [0.29, 0.717) is 24.3 Å². The van der Waals surface area contributed by atoms with Gasteiger partial charge in [0, 0.05) is 30.3 Å². The largest absolute Gasteiger partial charge is 0.444 e. The van der Waals surface area contributed by atoms with Gasteiger partial charge in [0.05, 0.1) is 15.4 Å². The van der Waals surface area contributed by atoms with Gasteiger partial charge in [0.15, 0.2) is 0 Å². The van der Waals surface area contributed by atoms with Gasteiger partial charge < -0.3 is 15.4 Å². The van der Waals surface area contributed by atoms with Crippen molar-refractivity contribution in [2.45, 2.75) is 45.3 Å². The van der Waals surface area contributed by atoms with Crippen molar-refractivity contribution < 1.29 is 14.3 Å². The van der Waals surface area contributed by atoms with Crippen molar-refractivity contribution in [3.05, 3.63) is 63.6 Å². The molecule has 0 fully saturated rings. The average Bonchev–Trinajstić information content (AvgIpc) is 3.32. The fraction of sp³-hybridized carbons (Fsp3) is 0.375. The number of ether oxygens (including phenoxy) is 1. The molecule has 0 radical (unpaired) electrons. The van der Waals surface area contributed by atoms with Gasteiger partial charge in [-0.2, -0.15) is 5.10 Å². The van der Waals surface area contributed by atoms with E-state index >= 15 is 0 Å². The Labute approximate surface area is 206 Å². The predicted octanol–water partition coefficient (Wildman–Crippen LogP) is 5.17. The Bertz CT molecular complexity index is 1090. The van der Waals surface area contributed by atoms with Crippen molar-refractivity contribution in [3.63, 3.8) is 0 Å². The second-order valence-electron chi connectivity index (χ2n) is 8.71. The molecular formula is C24H29BrN4O3S. The molecule has 9 heteroatoms. The number of alkyl carbamates (subject to hydrolysis) is 1. The summed E-state index contributed by atoms with van der Waals surface area (Å²) in [5.41, 5.74) is 1.50. The Kier molecular flexibility index (Phi) is 8.31. The van der Waals surface area contributed by atoms with Gasteiger partial charge >= 0.3 is 6.09 Å². The van der Waals surface area contributed by atoms with Gasteiger partial charge in [0.2, 0.25) is 0 Å². The van der Waals surface area contributed by atoms with Crippen LogP contribution >= 0.6 is 27.3 Å². The van der Waals surface area contributed by atoms with Crippen LogP contribution in [0, 0.1) is 0 Å². The molecule has 0 aliphatic carbocycles. The van der Waals surface area contributed by atoms with Crippen molar-refractivity contribution >= 4 is 39.3 Å². The second-order valence-corrected chi connectivity index (χ2v) is 10.6. The Morgan fingerprint density at radius 3 is 2.58 bits per heavy atom. The molecule has 0 saturated carbocycles. The Hall–Kier alpha value is -2.65. The van der Waals surface area contributed by atoms with Crippen molar-refractivity contribution in [2.24, 2.45) is 7.05 Å². The number of nitrogens with one attached hydrogen (secondary N) is 2. The molecule has 3 aromatic rings. The van der Waals surface area contributed by atoms with E-state index in [1.807, 2.05) is 70.3 Å². The Balaban J connectivity index is 1.68. The molecule has 2 aromatic heterocycles. The molecule has 0 aliphatic heterocycles. The third kappa shape index (κ3) is 7.43. The maximum absolute atomic E-state index is 13.1. The molecule has 0 aliphatic rings. The van der Waals surface area contributed by atoms with Crippen LogP contribution in [0.2, 0.25) is 0 Å². The summed E-state index contributed by atoms with van der Waals surface area (Å²) in [5.74, 6) is -0.146. The van der Waals surface area contributed by atoms with E-state index < -0.39 is 11.7 Å².